The zero-order valence-electron chi connectivity index (χ0n) is 17.3. The molecule has 4 rings (SSSR count). The smallest absolute Gasteiger partial charge is 0.123 e. The highest BCUT2D eigenvalue weighted by atomic mass is 35.5. The largest absolute Gasteiger partial charge is 0.303 e. The fourth-order valence-electron chi connectivity index (χ4n) is 7.66. The van der Waals surface area contributed by atoms with Gasteiger partial charge >= 0.3 is 0 Å². The highest BCUT2D eigenvalue weighted by Gasteiger charge is 2.68. The molecular formula is C24H34ClFOS. The number of carbonyl (C=O) groups excluding carboxylic acids is 1. The predicted molar refractivity (Wildman–Crippen MR) is 118 cm³/mol. The first-order valence-corrected chi connectivity index (χ1v) is 12.6. The summed E-state index contributed by atoms with van der Waals surface area (Å²) in [7, 11) is 0. The van der Waals surface area contributed by atoms with Crippen LogP contribution >= 0.6 is 23.4 Å². The van der Waals surface area contributed by atoms with Gasteiger partial charge in [0.05, 0.1) is 0 Å². The minimum Gasteiger partial charge on any atom is -0.303 e. The summed E-state index contributed by atoms with van der Waals surface area (Å²) in [6.45, 7) is 8.50. The second-order valence-corrected chi connectivity index (χ2v) is 11.9. The number of aldehydes is 1. The van der Waals surface area contributed by atoms with Gasteiger partial charge in [0.1, 0.15) is 12.0 Å². The first-order chi connectivity index (χ1) is 13.3. The number of thioether (sulfide) groups is 1. The standard InChI is InChI=1S/C24H34ClFOS/c1-4-17-5-6-19-21-13-16(15-27)20-14-18(28-12-11-25)7-8-23(20,3)24(21,26)10-9-22(17,19)2/h4-5,15-16,18-21H,1,6-14H2,2-3H3/t16?,18?,19-,20?,21-,22+,23-,24+/m0/s1. The summed E-state index contributed by atoms with van der Waals surface area (Å²) < 4.78 is 17.1. The van der Waals surface area contributed by atoms with Crippen LogP contribution in [0.4, 0.5) is 4.39 Å². The summed E-state index contributed by atoms with van der Waals surface area (Å²) in [6.07, 6.45) is 11.6. The molecule has 0 amide bonds. The number of alkyl halides is 2. The van der Waals surface area contributed by atoms with Crippen LogP contribution in [-0.4, -0.2) is 28.8 Å². The Bertz CT molecular complexity index is 680. The molecule has 28 heavy (non-hydrogen) atoms. The van der Waals surface area contributed by atoms with Crippen LogP contribution in [0, 0.1) is 34.5 Å². The van der Waals surface area contributed by atoms with Gasteiger partial charge in [0.15, 0.2) is 0 Å². The molecule has 3 saturated carbocycles. The van der Waals surface area contributed by atoms with Crippen LogP contribution in [0.3, 0.4) is 0 Å². The minimum atomic E-state index is -1.14. The first-order valence-electron chi connectivity index (χ1n) is 11.0. The van der Waals surface area contributed by atoms with Crippen molar-refractivity contribution in [3.63, 3.8) is 0 Å². The van der Waals surface area contributed by atoms with Crippen molar-refractivity contribution in [1.82, 2.24) is 0 Å². The summed E-state index contributed by atoms with van der Waals surface area (Å²) in [5.74, 6) is 2.07. The Hall–Kier alpha value is -0.280. The van der Waals surface area contributed by atoms with E-state index < -0.39 is 5.67 Å². The normalized spacial score (nSPS) is 50.1. The lowest BCUT2D eigenvalue weighted by atomic mass is 9.41. The van der Waals surface area contributed by atoms with Gasteiger partial charge in [0.25, 0.3) is 0 Å². The second kappa shape index (κ2) is 7.45. The molecule has 0 N–H and O–H groups in total. The van der Waals surface area contributed by atoms with Crippen molar-refractivity contribution in [2.24, 2.45) is 34.5 Å². The number of hydrogen-bond acceptors (Lipinski definition) is 2. The molecule has 0 radical (unpaired) electrons. The molecule has 0 aromatic carbocycles. The molecule has 3 fully saturated rings. The molecular weight excluding hydrogens is 391 g/mol. The Labute approximate surface area is 178 Å². The van der Waals surface area contributed by atoms with Crippen LogP contribution in [0.1, 0.15) is 58.8 Å². The van der Waals surface area contributed by atoms with Crippen LogP contribution < -0.4 is 0 Å². The Morgan fingerprint density at radius 1 is 1.25 bits per heavy atom. The number of allylic oxidation sites excluding steroid dienone is 3. The van der Waals surface area contributed by atoms with E-state index in [2.05, 4.69) is 26.5 Å². The zero-order chi connectivity index (χ0) is 20.2. The minimum absolute atomic E-state index is 0.00610. The number of halogens is 2. The molecule has 4 heteroatoms. The summed E-state index contributed by atoms with van der Waals surface area (Å²) in [4.78, 5) is 12.2. The number of hydrogen-bond donors (Lipinski definition) is 0. The van der Waals surface area contributed by atoms with Crippen molar-refractivity contribution >= 4 is 29.6 Å². The summed E-state index contributed by atoms with van der Waals surface area (Å²) in [5, 5.41) is 0.522. The van der Waals surface area contributed by atoms with Gasteiger partial charge in [-0.1, -0.05) is 32.6 Å². The van der Waals surface area contributed by atoms with Gasteiger partial charge < -0.3 is 4.79 Å². The summed E-state index contributed by atoms with van der Waals surface area (Å²) >= 11 is 7.82. The van der Waals surface area contributed by atoms with Crippen LogP contribution in [0.15, 0.2) is 24.3 Å². The first kappa shape index (κ1) is 21.0. The molecule has 0 aromatic heterocycles. The third kappa shape index (κ3) is 2.82. The van der Waals surface area contributed by atoms with Crippen molar-refractivity contribution in [2.75, 3.05) is 11.6 Å². The third-order valence-corrected chi connectivity index (χ3v) is 11.0. The lowest BCUT2D eigenvalue weighted by Gasteiger charge is -2.65. The fourth-order valence-corrected chi connectivity index (χ4v) is 8.98. The van der Waals surface area contributed by atoms with Gasteiger partial charge in [0.2, 0.25) is 0 Å². The van der Waals surface area contributed by atoms with E-state index in [1.807, 2.05) is 17.8 Å². The van der Waals surface area contributed by atoms with Gasteiger partial charge in [-0.2, -0.15) is 11.8 Å². The Kier molecular flexibility index (Phi) is 5.58. The van der Waals surface area contributed by atoms with Crippen molar-refractivity contribution in [3.05, 3.63) is 24.3 Å². The quantitative estimate of drug-likeness (QED) is 0.365. The van der Waals surface area contributed by atoms with Gasteiger partial charge in [-0.05, 0) is 73.7 Å². The van der Waals surface area contributed by atoms with Crippen molar-refractivity contribution in [1.29, 1.82) is 0 Å². The Morgan fingerprint density at radius 3 is 2.71 bits per heavy atom. The lowest BCUT2D eigenvalue weighted by Crippen LogP contribution is -2.65. The van der Waals surface area contributed by atoms with Crippen LogP contribution in [-0.2, 0) is 4.79 Å². The number of carbonyl (C=O) groups is 1. The average Bonchev–Trinajstić information content (AvgIpc) is 3.03. The van der Waals surface area contributed by atoms with E-state index in [-0.39, 0.29) is 28.6 Å². The number of rotatable bonds is 5. The van der Waals surface area contributed by atoms with Crippen LogP contribution in [0.5, 0.6) is 0 Å². The highest BCUT2D eigenvalue weighted by Crippen LogP contribution is 2.70. The summed E-state index contributed by atoms with van der Waals surface area (Å²) in [6, 6.07) is 0. The lowest BCUT2D eigenvalue weighted by molar-refractivity contribution is -0.201. The second-order valence-electron chi connectivity index (χ2n) is 10.1. The number of fused-ring (bicyclic) bond motifs is 5. The van der Waals surface area contributed by atoms with E-state index >= 15 is 4.39 Å². The highest BCUT2D eigenvalue weighted by molar-refractivity contribution is 7.99. The third-order valence-electron chi connectivity index (χ3n) is 9.29. The van der Waals surface area contributed by atoms with Gasteiger partial charge in [-0.25, -0.2) is 4.39 Å². The van der Waals surface area contributed by atoms with Crippen molar-refractivity contribution in [2.45, 2.75) is 69.7 Å². The maximum absolute atomic E-state index is 17.1. The Balaban J connectivity index is 1.66. The van der Waals surface area contributed by atoms with E-state index in [4.69, 9.17) is 11.6 Å². The molecule has 1 nitrogen and oxygen atoms in total. The molecule has 4 aliphatic rings. The molecule has 0 saturated heterocycles. The van der Waals surface area contributed by atoms with Crippen LogP contribution in [0.2, 0.25) is 0 Å². The van der Waals surface area contributed by atoms with E-state index in [0.29, 0.717) is 23.5 Å². The van der Waals surface area contributed by atoms with E-state index in [0.717, 1.165) is 44.3 Å². The molecule has 0 bridgehead atoms. The van der Waals surface area contributed by atoms with Gasteiger partial charge in [-0.3, -0.25) is 0 Å². The average molecular weight is 425 g/mol. The SMILES string of the molecule is C=CC1=CC[C@H]2[C@@H]3CC(C=O)C4CC(SCCCl)CC[C@]4(C)[C@@]3(F)CC[C@]12C. The predicted octanol–water partition coefficient (Wildman–Crippen LogP) is 6.61. The fraction of sp³-hybridized carbons (Fsp3) is 0.792. The molecule has 0 spiro atoms. The van der Waals surface area contributed by atoms with Crippen molar-refractivity contribution < 1.29 is 9.18 Å². The zero-order valence-corrected chi connectivity index (χ0v) is 18.8. The monoisotopic (exact) mass is 424 g/mol. The Morgan fingerprint density at radius 2 is 2.04 bits per heavy atom. The molecule has 3 unspecified atom stereocenters. The van der Waals surface area contributed by atoms with E-state index in [1.54, 1.807) is 0 Å². The maximum atomic E-state index is 17.1. The molecule has 0 aliphatic heterocycles. The van der Waals surface area contributed by atoms with Gasteiger partial charge in [0, 0.05) is 28.2 Å². The van der Waals surface area contributed by atoms with E-state index in [9.17, 15) is 4.79 Å². The molecule has 4 aliphatic carbocycles. The maximum Gasteiger partial charge on any atom is 0.123 e. The molecule has 8 atom stereocenters. The topological polar surface area (TPSA) is 17.1 Å². The molecule has 0 aromatic rings. The van der Waals surface area contributed by atoms with Crippen molar-refractivity contribution in [3.8, 4) is 0 Å². The van der Waals surface area contributed by atoms with Gasteiger partial charge in [-0.15, -0.1) is 11.6 Å². The molecule has 156 valence electrons. The molecule has 0 heterocycles. The van der Waals surface area contributed by atoms with E-state index in [1.165, 1.54) is 11.9 Å². The summed E-state index contributed by atoms with van der Waals surface area (Å²) in [5.41, 5.74) is -0.187. The van der Waals surface area contributed by atoms with Crippen LogP contribution in [0.25, 0.3) is 0 Å².